The van der Waals surface area contributed by atoms with Gasteiger partial charge in [0, 0.05) is 31.0 Å². The van der Waals surface area contributed by atoms with Gasteiger partial charge in [0.25, 0.3) is 5.91 Å². The maximum atomic E-state index is 12.5. The molecule has 0 unspecified atom stereocenters. The highest BCUT2D eigenvalue weighted by atomic mass is 32.2. The maximum absolute atomic E-state index is 12.5. The van der Waals surface area contributed by atoms with E-state index in [1.54, 1.807) is 11.8 Å². The molecule has 1 aliphatic rings. The summed E-state index contributed by atoms with van der Waals surface area (Å²) in [5, 5.41) is 9.37. The average molecular weight is 439 g/mol. The molecule has 3 aromatic rings. The summed E-state index contributed by atoms with van der Waals surface area (Å²) in [5.41, 5.74) is 3.83. The number of aryl methyl sites for hydroxylation is 2. The molecule has 4 rings (SSSR count). The summed E-state index contributed by atoms with van der Waals surface area (Å²) < 4.78 is 1.88. The van der Waals surface area contributed by atoms with Crippen LogP contribution >= 0.6 is 11.8 Å². The van der Waals surface area contributed by atoms with E-state index in [-0.39, 0.29) is 5.91 Å². The van der Waals surface area contributed by atoms with Gasteiger partial charge in [-0.15, -0.1) is 0 Å². The Hall–Kier alpha value is -2.61. The van der Waals surface area contributed by atoms with Gasteiger partial charge in [-0.1, -0.05) is 24.8 Å². The van der Waals surface area contributed by atoms with Crippen molar-refractivity contribution < 1.29 is 4.79 Å². The molecule has 1 saturated heterocycles. The maximum Gasteiger partial charge on any atom is 0.251 e. The summed E-state index contributed by atoms with van der Waals surface area (Å²) >= 11 is 1.69. The van der Waals surface area contributed by atoms with Crippen LogP contribution < -0.4 is 10.2 Å². The van der Waals surface area contributed by atoms with Crippen LogP contribution in [0.15, 0.2) is 29.6 Å². The number of hydrogen-bond donors (Lipinski definition) is 1. The monoisotopic (exact) mass is 438 g/mol. The predicted molar refractivity (Wildman–Crippen MR) is 126 cm³/mol. The van der Waals surface area contributed by atoms with E-state index in [1.807, 2.05) is 42.9 Å². The van der Waals surface area contributed by atoms with Crippen molar-refractivity contribution in [2.45, 2.75) is 51.7 Å². The van der Waals surface area contributed by atoms with Gasteiger partial charge in [0.1, 0.15) is 5.82 Å². The molecule has 0 atom stereocenters. The Morgan fingerprint density at radius 2 is 1.97 bits per heavy atom. The Kier molecular flexibility index (Phi) is 6.75. The molecule has 7 nitrogen and oxygen atoms in total. The van der Waals surface area contributed by atoms with Gasteiger partial charge >= 0.3 is 0 Å². The number of aromatic nitrogens is 4. The van der Waals surface area contributed by atoms with Crippen molar-refractivity contribution in [1.82, 2.24) is 25.1 Å². The number of carbonyl (C=O) groups is 1. The molecule has 164 valence electrons. The number of carbonyl (C=O) groups excluding carboxylic acids is 1. The number of anilines is 1. The van der Waals surface area contributed by atoms with Gasteiger partial charge in [-0.25, -0.2) is 14.6 Å². The fourth-order valence-corrected chi connectivity index (χ4v) is 4.46. The first-order valence-electron chi connectivity index (χ1n) is 11.0. The van der Waals surface area contributed by atoms with Gasteiger partial charge < -0.3 is 10.2 Å². The number of nitrogens with zero attached hydrogens (tertiary/aromatic N) is 5. The number of rotatable bonds is 8. The average Bonchev–Trinajstić information content (AvgIpc) is 3.44. The highest BCUT2D eigenvalue weighted by Gasteiger charge is 2.21. The lowest BCUT2D eigenvalue weighted by Gasteiger charge is -2.18. The Morgan fingerprint density at radius 1 is 1.16 bits per heavy atom. The van der Waals surface area contributed by atoms with Gasteiger partial charge in [0.2, 0.25) is 0 Å². The second-order valence-corrected chi connectivity index (χ2v) is 9.09. The van der Waals surface area contributed by atoms with E-state index in [9.17, 15) is 4.79 Å². The molecule has 1 aromatic carbocycles. The molecule has 2 aromatic heterocycles. The smallest absolute Gasteiger partial charge is 0.251 e. The third-order valence-electron chi connectivity index (χ3n) is 5.67. The van der Waals surface area contributed by atoms with Gasteiger partial charge in [0.05, 0.1) is 18.1 Å². The molecule has 0 aliphatic carbocycles. The minimum atomic E-state index is -0.0638. The number of fused-ring (bicyclic) bond motifs is 1. The third-order valence-corrected chi connectivity index (χ3v) is 6.73. The van der Waals surface area contributed by atoms with E-state index in [1.165, 1.54) is 18.4 Å². The summed E-state index contributed by atoms with van der Waals surface area (Å²) in [5.74, 6) is 1.92. The van der Waals surface area contributed by atoms with Crippen molar-refractivity contribution in [3.63, 3.8) is 0 Å². The summed E-state index contributed by atoms with van der Waals surface area (Å²) in [6.45, 7) is 9.34. The number of amides is 1. The zero-order chi connectivity index (χ0) is 21.8. The quantitative estimate of drug-likeness (QED) is 0.424. The highest BCUT2D eigenvalue weighted by molar-refractivity contribution is 7.99. The minimum absolute atomic E-state index is 0.0638. The molecule has 1 amide bonds. The van der Waals surface area contributed by atoms with Crippen molar-refractivity contribution in [3.8, 4) is 0 Å². The molecule has 1 N–H and O–H groups in total. The molecule has 0 saturated carbocycles. The largest absolute Gasteiger partial charge is 0.356 e. The molecule has 0 bridgehead atoms. The molecule has 31 heavy (non-hydrogen) atoms. The van der Waals surface area contributed by atoms with Crippen LogP contribution in [0.25, 0.3) is 11.0 Å². The number of benzene rings is 1. The van der Waals surface area contributed by atoms with Crippen molar-refractivity contribution in [2.24, 2.45) is 0 Å². The summed E-state index contributed by atoms with van der Waals surface area (Å²) in [6, 6.07) is 5.78. The number of thioether (sulfide) groups is 1. The van der Waals surface area contributed by atoms with Crippen LogP contribution in [0, 0.1) is 13.8 Å². The Labute approximate surface area is 187 Å². The van der Waals surface area contributed by atoms with Crippen molar-refractivity contribution >= 4 is 34.5 Å². The lowest BCUT2D eigenvalue weighted by atomic mass is 10.1. The van der Waals surface area contributed by atoms with Gasteiger partial charge in [-0.05, 0) is 56.4 Å². The van der Waals surface area contributed by atoms with Crippen LogP contribution in [0.2, 0.25) is 0 Å². The van der Waals surface area contributed by atoms with Crippen LogP contribution in [-0.2, 0) is 6.54 Å². The SMILES string of the molecule is CCCSc1nc(N2CCCC2)c2cnn(CCNC(=O)c3ccc(C)c(C)c3)c2n1. The summed E-state index contributed by atoms with van der Waals surface area (Å²) in [6.07, 6.45) is 5.33. The Balaban J connectivity index is 1.51. The third kappa shape index (κ3) is 4.84. The predicted octanol–water partition coefficient (Wildman–Crippen LogP) is 3.98. The van der Waals surface area contributed by atoms with Gasteiger partial charge in [-0.2, -0.15) is 5.10 Å². The second kappa shape index (κ2) is 9.68. The standard InChI is InChI=1S/C23H30N6OS/c1-4-13-31-23-26-20(28-10-5-6-11-28)19-15-25-29(21(19)27-23)12-9-24-22(30)18-8-7-16(2)17(3)14-18/h7-8,14-15H,4-6,9-13H2,1-3H3,(H,24,30). The van der Waals surface area contributed by atoms with Gasteiger partial charge in [0.15, 0.2) is 10.8 Å². The fourth-order valence-electron chi connectivity index (χ4n) is 3.77. The normalized spacial score (nSPS) is 13.8. The summed E-state index contributed by atoms with van der Waals surface area (Å²) in [4.78, 5) is 24.5. The molecule has 0 spiro atoms. The second-order valence-electron chi connectivity index (χ2n) is 8.03. The Bertz CT molecular complexity index is 1070. The number of nitrogens with one attached hydrogen (secondary N) is 1. The van der Waals surface area contributed by atoms with Crippen molar-refractivity contribution in [1.29, 1.82) is 0 Å². The lowest BCUT2D eigenvalue weighted by Crippen LogP contribution is -2.27. The van der Waals surface area contributed by atoms with E-state index in [2.05, 4.69) is 22.2 Å². The zero-order valence-corrected chi connectivity index (χ0v) is 19.3. The molecule has 3 heterocycles. The minimum Gasteiger partial charge on any atom is -0.356 e. The molecule has 1 fully saturated rings. The summed E-state index contributed by atoms with van der Waals surface area (Å²) in [7, 11) is 0. The van der Waals surface area contributed by atoms with E-state index < -0.39 is 0 Å². The first-order valence-corrected chi connectivity index (χ1v) is 12.0. The van der Waals surface area contributed by atoms with Crippen LogP contribution in [0.4, 0.5) is 5.82 Å². The van der Waals surface area contributed by atoms with Crippen molar-refractivity contribution in [3.05, 3.63) is 41.1 Å². The van der Waals surface area contributed by atoms with Gasteiger partial charge in [-0.3, -0.25) is 4.79 Å². The fraction of sp³-hybridized carbons (Fsp3) is 0.478. The first kappa shape index (κ1) is 21.6. The molecule has 0 radical (unpaired) electrons. The van der Waals surface area contributed by atoms with Crippen LogP contribution in [0.3, 0.4) is 0 Å². The zero-order valence-electron chi connectivity index (χ0n) is 18.5. The van der Waals surface area contributed by atoms with E-state index in [0.717, 1.165) is 52.8 Å². The molecular weight excluding hydrogens is 408 g/mol. The Morgan fingerprint density at radius 3 is 2.71 bits per heavy atom. The van der Waals surface area contributed by atoms with Crippen LogP contribution in [0.1, 0.15) is 47.7 Å². The van der Waals surface area contributed by atoms with E-state index in [4.69, 9.17) is 9.97 Å². The van der Waals surface area contributed by atoms with E-state index >= 15 is 0 Å². The highest BCUT2D eigenvalue weighted by Crippen LogP contribution is 2.29. The molecule has 1 aliphatic heterocycles. The van der Waals surface area contributed by atoms with Crippen molar-refractivity contribution in [2.75, 3.05) is 30.3 Å². The molecular formula is C23H30N6OS. The van der Waals surface area contributed by atoms with Crippen LogP contribution in [0.5, 0.6) is 0 Å². The topological polar surface area (TPSA) is 75.9 Å². The number of hydrogen-bond acceptors (Lipinski definition) is 6. The lowest BCUT2D eigenvalue weighted by molar-refractivity contribution is 0.0952. The van der Waals surface area contributed by atoms with Crippen LogP contribution in [-0.4, -0.2) is 51.0 Å². The molecule has 8 heteroatoms. The van der Waals surface area contributed by atoms with E-state index in [0.29, 0.717) is 18.7 Å². The first-order chi connectivity index (χ1) is 15.1.